The van der Waals surface area contributed by atoms with Crippen molar-refractivity contribution in [2.45, 2.75) is 6.54 Å². The number of hydrogen-bond donors (Lipinski definition) is 1. The summed E-state index contributed by atoms with van der Waals surface area (Å²) in [5, 5.41) is 12.8. The van der Waals surface area contributed by atoms with Gasteiger partial charge in [0.1, 0.15) is 0 Å². The first-order valence-corrected chi connectivity index (χ1v) is 5.08. The summed E-state index contributed by atoms with van der Waals surface area (Å²) in [6, 6.07) is 3.08. The molecule has 0 aromatic carbocycles. The van der Waals surface area contributed by atoms with Crippen molar-refractivity contribution < 1.29 is 14.3 Å². The Bertz CT molecular complexity index is 530. The second-order valence-electron chi connectivity index (χ2n) is 3.82. The first-order valence-electron chi connectivity index (χ1n) is 5.08. The van der Waals surface area contributed by atoms with E-state index >= 15 is 0 Å². The summed E-state index contributed by atoms with van der Waals surface area (Å²) in [5.41, 5.74) is 1.03. The van der Waals surface area contributed by atoms with E-state index in [1.54, 1.807) is 16.9 Å². The Morgan fingerprint density at radius 1 is 1.59 bits per heavy atom. The molecule has 0 bridgehead atoms. The van der Waals surface area contributed by atoms with Crippen molar-refractivity contribution in [3.8, 4) is 0 Å². The van der Waals surface area contributed by atoms with Crippen LogP contribution in [0.2, 0.25) is 0 Å². The third-order valence-electron chi connectivity index (χ3n) is 2.36. The van der Waals surface area contributed by atoms with Crippen molar-refractivity contribution in [1.29, 1.82) is 0 Å². The van der Waals surface area contributed by atoms with Crippen LogP contribution >= 0.6 is 0 Å². The average molecular weight is 235 g/mol. The molecule has 2 heterocycles. The van der Waals surface area contributed by atoms with Crippen LogP contribution in [0.25, 0.3) is 0 Å². The molecular formula is C11H13N3O3. The van der Waals surface area contributed by atoms with Crippen LogP contribution in [0.3, 0.4) is 0 Å². The molecule has 0 atom stereocenters. The number of carbonyl (C=O) groups is 1. The quantitative estimate of drug-likeness (QED) is 0.866. The predicted octanol–water partition coefficient (Wildman–Crippen LogP) is 1.35. The van der Waals surface area contributed by atoms with Crippen LogP contribution in [0, 0.1) is 0 Å². The Hall–Kier alpha value is -2.24. The molecule has 2 aromatic heterocycles. The first kappa shape index (κ1) is 11.3. The maximum absolute atomic E-state index is 10.7. The van der Waals surface area contributed by atoms with Crippen molar-refractivity contribution in [2.75, 3.05) is 11.9 Å². The molecule has 6 heteroatoms. The number of carboxylic acid groups (broad SMARTS) is 1. The summed E-state index contributed by atoms with van der Waals surface area (Å²) >= 11 is 0. The molecule has 6 nitrogen and oxygen atoms in total. The van der Waals surface area contributed by atoms with E-state index in [1.165, 1.54) is 6.07 Å². The number of aromatic carboxylic acids is 1. The Kier molecular flexibility index (Phi) is 2.86. The molecule has 0 aliphatic carbocycles. The summed E-state index contributed by atoms with van der Waals surface area (Å²) in [6.45, 7) is 0.612. The van der Waals surface area contributed by atoms with Crippen molar-refractivity contribution in [3.63, 3.8) is 0 Å². The van der Waals surface area contributed by atoms with Gasteiger partial charge in [0.25, 0.3) is 0 Å². The number of hydrogen-bond acceptors (Lipinski definition) is 4. The first-order chi connectivity index (χ1) is 8.06. The van der Waals surface area contributed by atoms with E-state index in [0.717, 1.165) is 5.56 Å². The minimum Gasteiger partial charge on any atom is -0.475 e. The van der Waals surface area contributed by atoms with Gasteiger partial charge in [0.2, 0.25) is 5.76 Å². The van der Waals surface area contributed by atoms with Crippen LogP contribution in [0.1, 0.15) is 16.1 Å². The largest absolute Gasteiger partial charge is 0.475 e. The van der Waals surface area contributed by atoms with Gasteiger partial charge >= 0.3 is 5.97 Å². The minimum absolute atomic E-state index is 0.0574. The fraction of sp³-hybridized carbons (Fsp3) is 0.273. The highest BCUT2D eigenvalue weighted by molar-refractivity contribution is 5.84. The number of furan rings is 1. The predicted molar refractivity (Wildman–Crippen MR) is 61.0 cm³/mol. The maximum atomic E-state index is 10.7. The van der Waals surface area contributed by atoms with Crippen molar-refractivity contribution in [2.24, 2.45) is 7.05 Å². The van der Waals surface area contributed by atoms with Crippen LogP contribution in [-0.2, 0) is 13.6 Å². The van der Waals surface area contributed by atoms with E-state index in [-0.39, 0.29) is 5.76 Å². The molecule has 0 amide bonds. The number of aromatic nitrogens is 2. The van der Waals surface area contributed by atoms with Crippen LogP contribution in [0.15, 0.2) is 28.9 Å². The fourth-order valence-corrected chi connectivity index (χ4v) is 1.55. The third-order valence-corrected chi connectivity index (χ3v) is 2.36. The fourth-order valence-electron chi connectivity index (χ4n) is 1.55. The number of aryl methyl sites for hydroxylation is 1. The van der Waals surface area contributed by atoms with Crippen LogP contribution < -0.4 is 4.90 Å². The van der Waals surface area contributed by atoms with E-state index in [2.05, 4.69) is 5.10 Å². The third kappa shape index (κ3) is 2.47. The highest BCUT2D eigenvalue weighted by Gasteiger charge is 2.12. The monoisotopic (exact) mass is 235 g/mol. The summed E-state index contributed by atoms with van der Waals surface area (Å²) in [6.07, 6.45) is 3.66. The molecule has 2 aromatic rings. The zero-order chi connectivity index (χ0) is 12.4. The number of carboxylic acids is 1. The lowest BCUT2D eigenvalue weighted by molar-refractivity contribution is 0.0663. The van der Waals surface area contributed by atoms with Crippen molar-refractivity contribution in [3.05, 3.63) is 35.9 Å². The molecule has 90 valence electrons. The van der Waals surface area contributed by atoms with E-state index < -0.39 is 5.97 Å². The van der Waals surface area contributed by atoms with Gasteiger partial charge in [0.05, 0.1) is 6.20 Å². The normalized spacial score (nSPS) is 10.5. The van der Waals surface area contributed by atoms with Gasteiger partial charge < -0.3 is 14.4 Å². The van der Waals surface area contributed by atoms with E-state index in [4.69, 9.17) is 9.52 Å². The molecule has 0 aliphatic rings. The molecule has 2 rings (SSSR count). The lowest BCUT2D eigenvalue weighted by atomic mass is 10.3. The summed E-state index contributed by atoms with van der Waals surface area (Å²) < 4.78 is 6.90. The van der Waals surface area contributed by atoms with E-state index in [1.807, 2.05) is 25.2 Å². The standard InChI is InChI=1S/C11H13N3O3/c1-13(6-8-5-12-14(2)7-8)10-4-3-9(17-10)11(15)16/h3-5,7H,6H2,1-2H3,(H,15,16). The second-order valence-corrected chi connectivity index (χ2v) is 3.82. The second kappa shape index (κ2) is 4.32. The highest BCUT2D eigenvalue weighted by Crippen LogP contribution is 2.19. The topological polar surface area (TPSA) is 71.5 Å². The SMILES string of the molecule is CN(Cc1cnn(C)c1)c1ccc(C(=O)O)o1. The van der Waals surface area contributed by atoms with Gasteiger partial charge in [0.15, 0.2) is 5.88 Å². The van der Waals surface area contributed by atoms with Gasteiger partial charge in [-0.25, -0.2) is 4.79 Å². The van der Waals surface area contributed by atoms with Gasteiger partial charge in [-0.05, 0) is 6.07 Å². The number of rotatable bonds is 4. The Morgan fingerprint density at radius 3 is 2.88 bits per heavy atom. The number of anilines is 1. The van der Waals surface area contributed by atoms with Crippen molar-refractivity contribution in [1.82, 2.24) is 9.78 Å². The maximum Gasteiger partial charge on any atom is 0.371 e. The lowest BCUT2D eigenvalue weighted by Gasteiger charge is -2.14. The summed E-state index contributed by atoms with van der Waals surface area (Å²) in [4.78, 5) is 12.5. The molecule has 0 fully saturated rings. The number of nitrogens with zero attached hydrogens (tertiary/aromatic N) is 3. The average Bonchev–Trinajstić information content (AvgIpc) is 2.86. The highest BCUT2D eigenvalue weighted by atomic mass is 16.4. The van der Waals surface area contributed by atoms with Gasteiger partial charge in [-0.2, -0.15) is 5.10 Å². The van der Waals surface area contributed by atoms with Gasteiger partial charge in [-0.15, -0.1) is 0 Å². The summed E-state index contributed by atoms with van der Waals surface area (Å²) in [7, 11) is 3.68. The van der Waals surface area contributed by atoms with Gasteiger partial charge in [-0.1, -0.05) is 0 Å². The van der Waals surface area contributed by atoms with E-state index in [9.17, 15) is 4.79 Å². The van der Waals surface area contributed by atoms with Gasteiger partial charge in [-0.3, -0.25) is 4.68 Å². The molecule has 0 unspecified atom stereocenters. The molecule has 1 N–H and O–H groups in total. The zero-order valence-corrected chi connectivity index (χ0v) is 9.62. The molecular weight excluding hydrogens is 222 g/mol. The Balaban J connectivity index is 2.08. The zero-order valence-electron chi connectivity index (χ0n) is 9.62. The van der Waals surface area contributed by atoms with Crippen LogP contribution in [-0.4, -0.2) is 27.9 Å². The summed E-state index contributed by atoms with van der Waals surface area (Å²) in [5.74, 6) is -0.602. The molecule has 17 heavy (non-hydrogen) atoms. The molecule has 0 aliphatic heterocycles. The van der Waals surface area contributed by atoms with Gasteiger partial charge in [0, 0.05) is 38.5 Å². The smallest absolute Gasteiger partial charge is 0.371 e. The Labute approximate surface area is 98.1 Å². The van der Waals surface area contributed by atoms with E-state index in [0.29, 0.717) is 12.4 Å². The molecule has 0 saturated heterocycles. The lowest BCUT2D eigenvalue weighted by Crippen LogP contribution is -2.15. The molecule has 0 spiro atoms. The molecule has 0 radical (unpaired) electrons. The van der Waals surface area contributed by atoms with Crippen LogP contribution in [0.5, 0.6) is 0 Å². The Morgan fingerprint density at radius 2 is 2.35 bits per heavy atom. The van der Waals surface area contributed by atoms with Crippen LogP contribution in [0.4, 0.5) is 5.88 Å². The molecule has 0 saturated carbocycles. The minimum atomic E-state index is -1.06. The van der Waals surface area contributed by atoms with Crippen molar-refractivity contribution >= 4 is 11.9 Å².